The fourth-order valence-electron chi connectivity index (χ4n) is 1.90. The third kappa shape index (κ3) is 3.00. The van der Waals surface area contributed by atoms with Crippen LogP contribution in [0.1, 0.15) is 31.4 Å². The van der Waals surface area contributed by atoms with Crippen molar-refractivity contribution in [3.63, 3.8) is 0 Å². The number of hydrogen-bond donors (Lipinski definition) is 1. The van der Waals surface area contributed by atoms with Crippen LogP contribution in [0.4, 0.5) is 4.39 Å². The van der Waals surface area contributed by atoms with Gasteiger partial charge in [0.15, 0.2) is 0 Å². The van der Waals surface area contributed by atoms with Crippen molar-refractivity contribution in [2.75, 3.05) is 13.2 Å². The number of rotatable bonds is 4. The van der Waals surface area contributed by atoms with Gasteiger partial charge in [-0.15, -0.1) is 0 Å². The lowest BCUT2D eigenvalue weighted by atomic mass is 10.1. The molecule has 1 aliphatic heterocycles. The fraction of sp³-hybridized carbons (Fsp3) is 0.583. The largest absolute Gasteiger partial charge is 0.377 e. The van der Waals surface area contributed by atoms with Crippen molar-refractivity contribution < 1.29 is 9.13 Å². The molecular weight excluding hydrogens is 207 g/mol. The lowest BCUT2D eigenvalue weighted by molar-refractivity contribution is 0.108. The summed E-state index contributed by atoms with van der Waals surface area (Å²) in [6, 6.07) is 1.62. The summed E-state index contributed by atoms with van der Waals surface area (Å²) in [5.41, 5.74) is 0.873. The minimum Gasteiger partial charge on any atom is -0.377 e. The Morgan fingerprint density at radius 2 is 2.50 bits per heavy atom. The van der Waals surface area contributed by atoms with Crippen LogP contribution < -0.4 is 5.32 Å². The van der Waals surface area contributed by atoms with Gasteiger partial charge in [0, 0.05) is 25.4 Å². The Hall–Kier alpha value is -1.00. The topological polar surface area (TPSA) is 34.1 Å². The van der Waals surface area contributed by atoms with E-state index in [0.29, 0.717) is 6.10 Å². The van der Waals surface area contributed by atoms with E-state index < -0.39 is 0 Å². The molecule has 1 N–H and O–H groups in total. The van der Waals surface area contributed by atoms with Crippen LogP contribution in [0.15, 0.2) is 18.5 Å². The highest BCUT2D eigenvalue weighted by Gasteiger charge is 2.16. The zero-order valence-electron chi connectivity index (χ0n) is 9.45. The molecule has 0 aromatic carbocycles. The highest BCUT2D eigenvalue weighted by molar-refractivity contribution is 5.14. The van der Waals surface area contributed by atoms with Crippen molar-refractivity contribution in [1.29, 1.82) is 0 Å². The molecule has 4 heteroatoms. The molecule has 16 heavy (non-hydrogen) atoms. The summed E-state index contributed by atoms with van der Waals surface area (Å²) in [5.74, 6) is -0.289. The zero-order valence-corrected chi connectivity index (χ0v) is 9.45. The Balaban J connectivity index is 1.85. The van der Waals surface area contributed by atoms with E-state index in [2.05, 4.69) is 10.3 Å². The zero-order chi connectivity index (χ0) is 11.4. The van der Waals surface area contributed by atoms with Crippen LogP contribution in [-0.4, -0.2) is 24.2 Å². The maximum Gasteiger partial charge on any atom is 0.141 e. The van der Waals surface area contributed by atoms with Gasteiger partial charge in [0.1, 0.15) is 5.82 Å². The molecule has 1 fully saturated rings. The number of pyridine rings is 1. The number of nitrogens with zero attached hydrogens (tertiary/aromatic N) is 1. The van der Waals surface area contributed by atoms with Gasteiger partial charge in [0.2, 0.25) is 0 Å². The molecule has 2 rings (SSSR count). The summed E-state index contributed by atoms with van der Waals surface area (Å²) in [6.45, 7) is 3.69. The van der Waals surface area contributed by atoms with E-state index >= 15 is 0 Å². The van der Waals surface area contributed by atoms with Crippen molar-refractivity contribution in [3.05, 3.63) is 29.8 Å². The van der Waals surface area contributed by atoms with Crippen molar-refractivity contribution in [1.82, 2.24) is 10.3 Å². The first-order chi connectivity index (χ1) is 7.75. The normalized spacial score (nSPS) is 22.2. The first-order valence-corrected chi connectivity index (χ1v) is 5.71. The summed E-state index contributed by atoms with van der Waals surface area (Å²) in [5, 5.41) is 3.34. The standard InChI is InChI=1S/C12H17FN2O/c1-9(10-5-11(13)7-14-6-10)15-8-12-3-2-4-16-12/h5-7,9,12,15H,2-4,8H2,1H3. The third-order valence-corrected chi connectivity index (χ3v) is 2.90. The van der Waals surface area contributed by atoms with Crippen LogP contribution in [0.2, 0.25) is 0 Å². The van der Waals surface area contributed by atoms with Crippen LogP contribution >= 0.6 is 0 Å². The van der Waals surface area contributed by atoms with Gasteiger partial charge in [-0.05, 0) is 31.4 Å². The van der Waals surface area contributed by atoms with E-state index in [1.165, 1.54) is 12.3 Å². The molecule has 1 saturated heterocycles. The number of hydrogen-bond acceptors (Lipinski definition) is 3. The lowest BCUT2D eigenvalue weighted by Gasteiger charge is -2.16. The van der Waals surface area contributed by atoms with E-state index in [4.69, 9.17) is 4.74 Å². The van der Waals surface area contributed by atoms with Gasteiger partial charge >= 0.3 is 0 Å². The second kappa shape index (κ2) is 5.37. The van der Waals surface area contributed by atoms with E-state index in [-0.39, 0.29) is 11.9 Å². The van der Waals surface area contributed by atoms with Gasteiger partial charge in [-0.3, -0.25) is 4.98 Å². The van der Waals surface area contributed by atoms with Crippen LogP contribution in [0.25, 0.3) is 0 Å². The molecule has 1 aromatic rings. The van der Waals surface area contributed by atoms with Crippen molar-refractivity contribution in [2.45, 2.75) is 31.9 Å². The average Bonchev–Trinajstić information content (AvgIpc) is 2.78. The Morgan fingerprint density at radius 1 is 1.62 bits per heavy atom. The lowest BCUT2D eigenvalue weighted by Crippen LogP contribution is -2.28. The Kier molecular flexibility index (Phi) is 3.85. The summed E-state index contributed by atoms with van der Waals surface area (Å²) in [7, 11) is 0. The first kappa shape index (κ1) is 11.5. The Labute approximate surface area is 95.0 Å². The summed E-state index contributed by atoms with van der Waals surface area (Å²) >= 11 is 0. The van der Waals surface area contributed by atoms with Gasteiger partial charge in [0.05, 0.1) is 12.3 Å². The Morgan fingerprint density at radius 3 is 3.19 bits per heavy atom. The summed E-state index contributed by atoms with van der Waals surface area (Å²) < 4.78 is 18.5. The van der Waals surface area contributed by atoms with E-state index in [9.17, 15) is 4.39 Å². The average molecular weight is 224 g/mol. The highest BCUT2D eigenvalue weighted by atomic mass is 19.1. The van der Waals surface area contributed by atoms with Gasteiger partial charge in [-0.25, -0.2) is 4.39 Å². The number of nitrogens with one attached hydrogen (secondary N) is 1. The van der Waals surface area contributed by atoms with E-state index in [0.717, 1.165) is 31.6 Å². The van der Waals surface area contributed by atoms with Crippen LogP contribution in [0, 0.1) is 5.82 Å². The smallest absolute Gasteiger partial charge is 0.141 e. The SMILES string of the molecule is CC(NCC1CCCO1)c1cncc(F)c1. The molecule has 1 aliphatic rings. The molecule has 88 valence electrons. The molecule has 0 aliphatic carbocycles. The van der Waals surface area contributed by atoms with Crippen LogP contribution in [0.3, 0.4) is 0 Å². The maximum atomic E-state index is 13.0. The van der Waals surface area contributed by atoms with Gasteiger partial charge in [-0.2, -0.15) is 0 Å². The number of ether oxygens (including phenoxy) is 1. The summed E-state index contributed by atoms with van der Waals surface area (Å²) in [6.07, 6.45) is 5.47. The van der Waals surface area contributed by atoms with Crippen LogP contribution in [0.5, 0.6) is 0 Å². The molecule has 3 nitrogen and oxygen atoms in total. The molecule has 2 unspecified atom stereocenters. The minimum absolute atomic E-state index is 0.104. The molecule has 0 spiro atoms. The first-order valence-electron chi connectivity index (χ1n) is 5.71. The quantitative estimate of drug-likeness (QED) is 0.850. The molecule has 0 amide bonds. The van der Waals surface area contributed by atoms with Crippen LogP contribution in [-0.2, 0) is 4.74 Å². The van der Waals surface area contributed by atoms with E-state index in [1.807, 2.05) is 6.92 Å². The predicted molar refractivity (Wildman–Crippen MR) is 59.6 cm³/mol. The highest BCUT2D eigenvalue weighted by Crippen LogP contribution is 2.15. The number of aromatic nitrogens is 1. The van der Waals surface area contributed by atoms with Crippen molar-refractivity contribution >= 4 is 0 Å². The van der Waals surface area contributed by atoms with Gasteiger partial charge < -0.3 is 10.1 Å². The predicted octanol–water partition coefficient (Wildman–Crippen LogP) is 2.05. The molecule has 2 atom stereocenters. The van der Waals surface area contributed by atoms with E-state index in [1.54, 1.807) is 6.20 Å². The molecule has 2 heterocycles. The molecule has 0 bridgehead atoms. The molecule has 0 radical (unpaired) electrons. The third-order valence-electron chi connectivity index (χ3n) is 2.90. The fourth-order valence-corrected chi connectivity index (χ4v) is 1.90. The number of halogens is 1. The Bertz CT molecular complexity index is 340. The minimum atomic E-state index is -0.289. The summed E-state index contributed by atoms with van der Waals surface area (Å²) in [4.78, 5) is 3.84. The monoisotopic (exact) mass is 224 g/mol. The molecular formula is C12H17FN2O. The van der Waals surface area contributed by atoms with Gasteiger partial charge in [0.25, 0.3) is 0 Å². The second-order valence-corrected chi connectivity index (χ2v) is 4.20. The second-order valence-electron chi connectivity index (χ2n) is 4.20. The van der Waals surface area contributed by atoms with Gasteiger partial charge in [-0.1, -0.05) is 0 Å². The van der Waals surface area contributed by atoms with Crippen molar-refractivity contribution in [2.24, 2.45) is 0 Å². The van der Waals surface area contributed by atoms with Crippen molar-refractivity contribution in [3.8, 4) is 0 Å². The molecule has 0 saturated carbocycles. The molecule has 1 aromatic heterocycles. The maximum absolute atomic E-state index is 13.0.